The van der Waals surface area contributed by atoms with E-state index in [-0.39, 0.29) is 18.3 Å². The summed E-state index contributed by atoms with van der Waals surface area (Å²) in [5.74, 6) is -0.212. The van der Waals surface area contributed by atoms with Crippen LogP contribution in [-0.4, -0.2) is 32.6 Å². The number of methoxy groups -OCH3 is 2. The van der Waals surface area contributed by atoms with Gasteiger partial charge in [0.25, 0.3) is 0 Å². The summed E-state index contributed by atoms with van der Waals surface area (Å²) in [5.41, 5.74) is 0.700. The largest absolute Gasteiger partial charge is 0.495 e. The van der Waals surface area contributed by atoms with Crippen LogP contribution in [0.5, 0.6) is 5.75 Å². The van der Waals surface area contributed by atoms with Gasteiger partial charge in [0.15, 0.2) is 0 Å². The van der Waals surface area contributed by atoms with E-state index in [0.717, 1.165) is 3.57 Å². The summed E-state index contributed by atoms with van der Waals surface area (Å²) in [5, 5.41) is 0. The second-order valence-electron chi connectivity index (χ2n) is 4.24. The van der Waals surface area contributed by atoms with Crippen LogP contribution in [0.1, 0.15) is 6.42 Å². The van der Waals surface area contributed by atoms with E-state index >= 15 is 0 Å². The zero-order valence-corrected chi connectivity index (χ0v) is 12.8. The van der Waals surface area contributed by atoms with Gasteiger partial charge < -0.3 is 14.4 Å². The van der Waals surface area contributed by atoms with E-state index in [1.807, 2.05) is 18.2 Å². The SMILES string of the molecule is COC(=O)C1CC(=O)N(c2cc(I)ccc2OC)C1. The Kier molecular flexibility index (Phi) is 4.28. The van der Waals surface area contributed by atoms with Crippen LogP contribution >= 0.6 is 22.6 Å². The monoisotopic (exact) mass is 375 g/mol. The molecule has 1 amide bonds. The number of carbonyl (C=O) groups excluding carboxylic acids is 2. The standard InChI is InChI=1S/C13H14INO4/c1-18-11-4-3-9(14)6-10(11)15-7-8(5-12(15)16)13(17)19-2/h3-4,6,8H,5,7H2,1-2H3. The van der Waals surface area contributed by atoms with Crippen LogP contribution in [0.4, 0.5) is 5.69 Å². The minimum atomic E-state index is -0.403. The van der Waals surface area contributed by atoms with Crippen LogP contribution in [0, 0.1) is 9.49 Å². The Labute approximate surface area is 125 Å². The first kappa shape index (κ1) is 14.1. The highest BCUT2D eigenvalue weighted by Gasteiger charge is 2.36. The molecule has 19 heavy (non-hydrogen) atoms. The molecule has 1 heterocycles. The normalized spacial score (nSPS) is 18.6. The highest BCUT2D eigenvalue weighted by molar-refractivity contribution is 14.1. The molecule has 0 aliphatic carbocycles. The first-order chi connectivity index (χ1) is 9.06. The van der Waals surface area contributed by atoms with Crippen molar-refractivity contribution >= 4 is 40.2 Å². The number of benzene rings is 1. The van der Waals surface area contributed by atoms with Crippen molar-refractivity contribution in [3.05, 3.63) is 21.8 Å². The third-order valence-corrected chi connectivity index (χ3v) is 3.76. The van der Waals surface area contributed by atoms with Crippen molar-refractivity contribution in [1.29, 1.82) is 0 Å². The molecule has 0 bridgehead atoms. The van der Waals surface area contributed by atoms with E-state index in [1.54, 1.807) is 12.0 Å². The van der Waals surface area contributed by atoms with Crippen molar-refractivity contribution in [1.82, 2.24) is 0 Å². The van der Waals surface area contributed by atoms with Crippen LogP contribution in [-0.2, 0) is 14.3 Å². The minimum absolute atomic E-state index is 0.0873. The van der Waals surface area contributed by atoms with Crippen molar-refractivity contribution in [2.75, 3.05) is 25.7 Å². The van der Waals surface area contributed by atoms with Crippen LogP contribution in [0.15, 0.2) is 18.2 Å². The Morgan fingerprint density at radius 2 is 2.16 bits per heavy atom. The van der Waals surface area contributed by atoms with E-state index in [2.05, 4.69) is 22.6 Å². The summed E-state index contributed by atoms with van der Waals surface area (Å²) in [6, 6.07) is 5.59. The quantitative estimate of drug-likeness (QED) is 0.598. The molecule has 1 aromatic carbocycles. The van der Waals surface area contributed by atoms with Gasteiger partial charge in [-0.25, -0.2) is 0 Å². The van der Waals surface area contributed by atoms with Crippen molar-refractivity contribution in [3.63, 3.8) is 0 Å². The van der Waals surface area contributed by atoms with Crippen LogP contribution in [0.2, 0.25) is 0 Å². The predicted octanol–water partition coefficient (Wildman–Crippen LogP) is 1.83. The second kappa shape index (κ2) is 5.77. The Balaban J connectivity index is 2.30. The first-order valence-corrected chi connectivity index (χ1v) is 6.86. The molecule has 1 aromatic rings. The molecular formula is C13H14INO4. The molecule has 1 unspecified atom stereocenters. The number of nitrogens with zero attached hydrogens (tertiary/aromatic N) is 1. The van der Waals surface area contributed by atoms with Gasteiger partial charge in [-0.1, -0.05) is 0 Å². The fourth-order valence-corrected chi connectivity index (χ4v) is 2.61. The smallest absolute Gasteiger partial charge is 0.311 e. The number of anilines is 1. The van der Waals surface area contributed by atoms with Gasteiger partial charge in [0.05, 0.1) is 25.8 Å². The van der Waals surface area contributed by atoms with Gasteiger partial charge in [-0.3, -0.25) is 9.59 Å². The molecule has 6 heteroatoms. The average molecular weight is 375 g/mol. The van der Waals surface area contributed by atoms with E-state index in [0.29, 0.717) is 18.0 Å². The first-order valence-electron chi connectivity index (χ1n) is 5.78. The molecule has 0 saturated carbocycles. The van der Waals surface area contributed by atoms with Crippen LogP contribution < -0.4 is 9.64 Å². The van der Waals surface area contributed by atoms with E-state index < -0.39 is 5.92 Å². The van der Waals surface area contributed by atoms with Crippen molar-refractivity contribution < 1.29 is 19.1 Å². The molecule has 1 saturated heterocycles. The third kappa shape index (κ3) is 2.83. The third-order valence-electron chi connectivity index (χ3n) is 3.09. The average Bonchev–Trinajstić information content (AvgIpc) is 2.79. The van der Waals surface area contributed by atoms with Gasteiger partial charge in [0, 0.05) is 16.5 Å². The minimum Gasteiger partial charge on any atom is -0.495 e. The number of ether oxygens (including phenoxy) is 2. The predicted molar refractivity (Wildman–Crippen MR) is 78.2 cm³/mol. The summed E-state index contributed by atoms with van der Waals surface area (Å²) < 4.78 is 11.0. The van der Waals surface area contributed by atoms with Gasteiger partial charge in [-0.2, -0.15) is 0 Å². The van der Waals surface area contributed by atoms with E-state index in [4.69, 9.17) is 9.47 Å². The van der Waals surface area contributed by atoms with Crippen molar-refractivity contribution in [2.24, 2.45) is 5.92 Å². The molecule has 0 aromatic heterocycles. The lowest BCUT2D eigenvalue weighted by molar-refractivity contribution is -0.145. The molecule has 1 fully saturated rings. The fraction of sp³-hybridized carbons (Fsp3) is 0.385. The summed E-state index contributed by atoms with van der Waals surface area (Å²) in [6.07, 6.45) is 0.182. The van der Waals surface area contributed by atoms with Gasteiger partial charge in [0.1, 0.15) is 5.75 Å². The van der Waals surface area contributed by atoms with Gasteiger partial charge in [0.2, 0.25) is 5.91 Å². The molecule has 0 spiro atoms. The molecule has 0 N–H and O–H groups in total. The van der Waals surface area contributed by atoms with Gasteiger partial charge >= 0.3 is 5.97 Å². The maximum Gasteiger partial charge on any atom is 0.311 e. The van der Waals surface area contributed by atoms with Crippen molar-refractivity contribution in [2.45, 2.75) is 6.42 Å². The van der Waals surface area contributed by atoms with E-state index in [9.17, 15) is 9.59 Å². The van der Waals surface area contributed by atoms with E-state index in [1.165, 1.54) is 7.11 Å². The molecule has 2 rings (SSSR count). The second-order valence-corrected chi connectivity index (χ2v) is 5.49. The van der Waals surface area contributed by atoms with Crippen LogP contribution in [0.3, 0.4) is 0 Å². The Bertz CT molecular complexity index is 517. The summed E-state index contributed by atoms with van der Waals surface area (Å²) >= 11 is 2.17. The lowest BCUT2D eigenvalue weighted by Gasteiger charge is -2.19. The van der Waals surface area contributed by atoms with Gasteiger partial charge in [-0.05, 0) is 40.8 Å². The summed E-state index contributed by atoms with van der Waals surface area (Å²) in [7, 11) is 2.89. The Morgan fingerprint density at radius 3 is 2.79 bits per heavy atom. The molecule has 0 radical (unpaired) electrons. The number of rotatable bonds is 3. The topological polar surface area (TPSA) is 55.8 Å². The molecule has 1 aliphatic heterocycles. The van der Waals surface area contributed by atoms with Crippen LogP contribution in [0.25, 0.3) is 0 Å². The lowest BCUT2D eigenvalue weighted by Crippen LogP contribution is -2.26. The summed E-state index contributed by atoms with van der Waals surface area (Å²) in [6.45, 7) is 0.335. The number of amides is 1. The van der Waals surface area contributed by atoms with Gasteiger partial charge in [-0.15, -0.1) is 0 Å². The Hall–Kier alpha value is -1.31. The molecule has 1 atom stereocenters. The maximum absolute atomic E-state index is 12.0. The number of hydrogen-bond acceptors (Lipinski definition) is 4. The number of carbonyl (C=O) groups is 2. The van der Waals surface area contributed by atoms with Crippen molar-refractivity contribution in [3.8, 4) is 5.75 Å². The molecule has 1 aliphatic rings. The molecule has 5 nitrogen and oxygen atoms in total. The number of hydrogen-bond donors (Lipinski definition) is 0. The zero-order valence-electron chi connectivity index (χ0n) is 10.7. The zero-order chi connectivity index (χ0) is 14.0. The highest BCUT2D eigenvalue weighted by atomic mass is 127. The fourth-order valence-electron chi connectivity index (χ4n) is 2.14. The molecule has 102 valence electrons. The Morgan fingerprint density at radius 1 is 1.42 bits per heavy atom. The lowest BCUT2D eigenvalue weighted by atomic mass is 10.1. The maximum atomic E-state index is 12.0. The molecular weight excluding hydrogens is 361 g/mol. The number of halogens is 1. The number of esters is 1. The summed E-state index contributed by atoms with van der Waals surface area (Å²) in [4.78, 5) is 25.2. The highest BCUT2D eigenvalue weighted by Crippen LogP contribution is 2.34.